The number of carbonyl (C=O) groups excluding carboxylic acids is 1. The van der Waals surface area contributed by atoms with E-state index < -0.39 is 0 Å². The van der Waals surface area contributed by atoms with Crippen molar-refractivity contribution in [3.05, 3.63) is 59.9 Å². The molecule has 0 bridgehead atoms. The standard InChI is InChI=1S/C20H21FN4O2S2/c1-13(18(26)25(2)12-14-5-4-6-15(21)11-14)28-20-24-23-19(29-20)22-16-7-9-17(27-3)10-8-16/h4-11,13H,12H2,1-3H3,(H,22,23). The number of anilines is 2. The summed E-state index contributed by atoms with van der Waals surface area (Å²) >= 11 is 2.73. The molecule has 0 fully saturated rings. The van der Waals surface area contributed by atoms with Crippen LogP contribution in [0.5, 0.6) is 5.75 Å². The number of ether oxygens (including phenoxy) is 1. The number of nitrogens with one attached hydrogen (secondary N) is 1. The highest BCUT2D eigenvalue weighted by atomic mass is 32.2. The van der Waals surface area contributed by atoms with Crippen molar-refractivity contribution in [2.24, 2.45) is 0 Å². The quantitative estimate of drug-likeness (QED) is 0.526. The number of thioether (sulfide) groups is 1. The number of carbonyl (C=O) groups is 1. The Kier molecular flexibility index (Phi) is 7.05. The van der Waals surface area contributed by atoms with Gasteiger partial charge in [0.15, 0.2) is 4.34 Å². The van der Waals surface area contributed by atoms with Gasteiger partial charge in [-0.05, 0) is 48.9 Å². The van der Waals surface area contributed by atoms with Gasteiger partial charge < -0.3 is 15.0 Å². The predicted octanol–water partition coefficient (Wildman–Crippen LogP) is 4.57. The van der Waals surface area contributed by atoms with E-state index >= 15 is 0 Å². The molecule has 1 aromatic heterocycles. The number of hydrogen-bond donors (Lipinski definition) is 1. The average molecular weight is 433 g/mol. The van der Waals surface area contributed by atoms with Crippen LogP contribution >= 0.6 is 23.1 Å². The highest BCUT2D eigenvalue weighted by Gasteiger charge is 2.21. The van der Waals surface area contributed by atoms with Crippen LogP contribution in [0, 0.1) is 5.82 Å². The summed E-state index contributed by atoms with van der Waals surface area (Å²) in [6.07, 6.45) is 0. The number of benzene rings is 2. The molecule has 6 nitrogen and oxygen atoms in total. The van der Waals surface area contributed by atoms with Crippen molar-refractivity contribution in [3.63, 3.8) is 0 Å². The molecule has 0 aliphatic carbocycles. The largest absolute Gasteiger partial charge is 0.497 e. The lowest BCUT2D eigenvalue weighted by Gasteiger charge is -2.20. The second kappa shape index (κ2) is 9.71. The van der Waals surface area contributed by atoms with Gasteiger partial charge in [0.05, 0.1) is 12.4 Å². The number of amides is 1. The third-order valence-electron chi connectivity index (χ3n) is 4.06. The number of halogens is 1. The lowest BCUT2D eigenvalue weighted by atomic mass is 10.2. The van der Waals surface area contributed by atoms with E-state index in [-0.39, 0.29) is 17.0 Å². The first-order valence-electron chi connectivity index (χ1n) is 8.85. The number of nitrogens with zero attached hydrogens (tertiary/aromatic N) is 3. The lowest BCUT2D eigenvalue weighted by Crippen LogP contribution is -2.32. The Balaban J connectivity index is 1.55. The molecular formula is C20H21FN4O2S2. The molecule has 1 heterocycles. The van der Waals surface area contributed by atoms with Crippen molar-refractivity contribution in [3.8, 4) is 5.75 Å². The van der Waals surface area contributed by atoms with Gasteiger partial charge >= 0.3 is 0 Å². The van der Waals surface area contributed by atoms with Crippen LogP contribution in [0.25, 0.3) is 0 Å². The van der Waals surface area contributed by atoms with Crippen molar-refractivity contribution in [2.45, 2.75) is 23.1 Å². The zero-order chi connectivity index (χ0) is 20.8. The molecule has 1 atom stereocenters. The third-order valence-corrected chi connectivity index (χ3v) is 6.07. The van der Waals surface area contributed by atoms with Crippen LogP contribution in [0.15, 0.2) is 52.9 Å². The fourth-order valence-corrected chi connectivity index (χ4v) is 4.64. The van der Waals surface area contributed by atoms with Gasteiger partial charge in [-0.1, -0.05) is 35.2 Å². The summed E-state index contributed by atoms with van der Waals surface area (Å²) in [6, 6.07) is 13.7. The molecular weight excluding hydrogens is 411 g/mol. The molecule has 3 rings (SSSR count). The number of rotatable bonds is 8. The Morgan fingerprint density at radius 1 is 1.28 bits per heavy atom. The Morgan fingerprint density at radius 2 is 2.03 bits per heavy atom. The normalized spacial score (nSPS) is 11.7. The summed E-state index contributed by atoms with van der Waals surface area (Å²) in [5.74, 6) is 0.411. The second-order valence-electron chi connectivity index (χ2n) is 6.31. The SMILES string of the molecule is COc1ccc(Nc2nnc(SC(C)C(=O)N(C)Cc3cccc(F)c3)s2)cc1. The zero-order valence-electron chi connectivity index (χ0n) is 16.3. The van der Waals surface area contributed by atoms with Crippen LogP contribution in [0.4, 0.5) is 15.2 Å². The van der Waals surface area contributed by atoms with E-state index in [1.807, 2.05) is 31.2 Å². The van der Waals surface area contributed by atoms with Gasteiger partial charge in [-0.3, -0.25) is 4.79 Å². The highest BCUT2D eigenvalue weighted by molar-refractivity contribution is 8.02. The summed E-state index contributed by atoms with van der Waals surface area (Å²) in [6.45, 7) is 2.18. The summed E-state index contributed by atoms with van der Waals surface area (Å²) in [4.78, 5) is 14.2. The lowest BCUT2D eigenvalue weighted by molar-refractivity contribution is -0.129. The molecule has 2 aromatic carbocycles. The van der Waals surface area contributed by atoms with Crippen LogP contribution in [0.3, 0.4) is 0 Å². The summed E-state index contributed by atoms with van der Waals surface area (Å²) in [5.41, 5.74) is 1.62. The Hall–Kier alpha value is -2.65. The van der Waals surface area contributed by atoms with Gasteiger partial charge in [0.1, 0.15) is 11.6 Å². The molecule has 3 aromatic rings. The number of methoxy groups -OCH3 is 1. The van der Waals surface area contributed by atoms with Gasteiger partial charge in [0, 0.05) is 19.3 Å². The molecule has 0 aliphatic rings. The third kappa shape index (κ3) is 5.91. The molecule has 29 heavy (non-hydrogen) atoms. The maximum Gasteiger partial charge on any atom is 0.235 e. The molecule has 1 amide bonds. The Morgan fingerprint density at radius 3 is 2.72 bits per heavy atom. The number of aromatic nitrogens is 2. The fourth-order valence-electron chi connectivity index (χ4n) is 2.60. The summed E-state index contributed by atoms with van der Waals surface area (Å²) < 4.78 is 19.2. The first-order valence-corrected chi connectivity index (χ1v) is 10.5. The number of hydrogen-bond acceptors (Lipinski definition) is 7. The molecule has 9 heteroatoms. The minimum absolute atomic E-state index is 0.0564. The smallest absolute Gasteiger partial charge is 0.235 e. The van der Waals surface area contributed by atoms with Crippen molar-refractivity contribution in [1.82, 2.24) is 15.1 Å². The van der Waals surface area contributed by atoms with E-state index in [1.54, 1.807) is 31.2 Å². The van der Waals surface area contributed by atoms with Gasteiger partial charge in [-0.25, -0.2) is 4.39 Å². The van der Waals surface area contributed by atoms with Crippen LogP contribution < -0.4 is 10.1 Å². The molecule has 0 aliphatic heterocycles. The minimum atomic E-state index is -0.338. The maximum absolute atomic E-state index is 13.3. The summed E-state index contributed by atoms with van der Waals surface area (Å²) in [5, 5.41) is 11.8. The monoisotopic (exact) mass is 432 g/mol. The predicted molar refractivity (Wildman–Crippen MR) is 114 cm³/mol. The van der Waals surface area contributed by atoms with Crippen molar-refractivity contribution in [1.29, 1.82) is 0 Å². The van der Waals surface area contributed by atoms with E-state index in [1.165, 1.54) is 35.2 Å². The van der Waals surface area contributed by atoms with E-state index in [4.69, 9.17) is 4.74 Å². The van der Waals surface area contributed by atoms with Gasteiger partial charge in [-0.15, -0.1) is 10.2 Å². The minimum Gasteiger partial charge on any atom is -0.497 e. The van der Waals surface area contributed by atoms with Gasteiger partial charge in [-0.2, -0.15) is 0 Å². The van der Waals surface area contributed by atoms with Crippen LogP contribution in [0.1, 0.15) is 12.5 Å². The molecule has 1 unspecified atom stereocenters. The molecule has 0 saturated carbocycles. The molecule has 152 valence electrons. The van der Waals surface area contributed by atoms with E-state index in [2.05, 4.69) is 15.5 Å². The first kappa shape index (κ1) is 21.1. The van der Waals surface area contributed by atoms with Crippen LogP contribution in [-0.2, 0) is 11.3 Å². The van der Waals surface area contributed by atoms with Gasteiger partial charge in [0.25, 0.3) is 0 Å². The molecule has 0 spiro atoms. The topological polar surface area (TPSA) is 67.3 Å². The van der Waals surface area contributed by atoms with Crippen molar-refractivity contribution >= 4 is 39.8 Å². The van der Waals surface area contributed by atoms with Crippen molar-refractivity contribution < 1.29 is 13.9 Å². The first-order chi connectivity index (χ1) is 13.9. The van der Waals surface area contributed by atoms with Gasteiger partial charge in [0.2, 0.25) is 11.0 Å². The molecule has 1 N–H and O–H groups in total. The zero-order valence-corrected chi connectivity index (χ0v) is 17.9. The molecule has 0 saturated heterocycles. The second-order valence-corrected chi connectivity index (χ2v) is 8.88. The molecule has 0 radical (unpaired) electrons. The van der Waals surface area contributed by atoms with E-state index in [0.717, 1.165) is 17.0 Å². The average Bonchev–Trinajstić information content (AvgIpc) is 3.14. The fraction of sp³-hybridized carbons (Fsp3) is 0.250. The summed E-state index contributed by atoms with van der Waals surface area (Å²) in [7, 11) is 3.33. The maximum atomic E-state index is 13.3. The van der Waals surface area contributed by atoms with Crippen LogP contribution in [0.2, 0.25) is 0 Å². The highest BCUT2D eigenvalue weighted by Crippen LogP contribution is 2.31. The Labute approximate surface area is 177 Å². The van der Waals surface area contributed by atoms with Crippen LogP contribution in [-0.4, -0.2) is 40.4 Å². The Bertz CT molecular complexity index is 965. The van der Waals surface area contributed by atoms with E-state index in [9.17, 15) is 9.18 Å². The van der Waals surface area contributed by atoms with Crippen molar-refractivity contribution in [2.75, 3.05) is 19.5 Å². The van der Waals surface area contributed by atoms with E-state index in [0.29, 0.717) is 16.0 Å².